The van der Waals surface area contributed by atoms with Gasteiger partial charge in [-0.05, 0) is 52.3 Å². The molecule has 0 aliphatic heterocycles. The van der Waals surface area contributed by atoms with Crippen molar-refractivity contribution >= 4 is 0 Å². The molecule has 1 unspecified atom stereocenters. The number of nitrogens with one attached hydrogen (secondary N) is 1. The van der Waals surface area contributed by atoms with Crippen LogP contribution in [-0.2, 0) is 13.1 Å². The van der Waals surface area contributed by atoms with E-state index in [1.54, 1.807) is 0 Å². The molecule has 2 rings (SSSR count). The highest BCUT2D eigenvalue weighted by molar-refractivity contribution is 5.06. The van der Waals surface area contributed by atoms with Gasteiger partial charge in [-0.3, -0.25) is 9.36 Å². The molecular weight excluding hydrogens is 262 g/mol. The van der Waals surface area contributed by atoms with Crippen LogP contribution >= 0.6 is 0 Å². The van der Waals surface area contributed by atoms with E-state index in [2.05, 4.69) is 59.3 Å². The second kappa shape index (κ2) is 7.41. The molecule has 2 heterocycles. The first kappa shape index (κ1) is 15.8. The maximum atomic E-state index is 4.59. The Morgan fingerprint density at radius 1 is 1.29 bits per heavy atom. The second-order valence-corrected chi connectivity index (χ2v) is 5.72. The second-order valence-electron chi connectivity index (χ2n) is 5.72. The number of nitrogens with zero attached hydrogens (tertiary/aromatic N) is 4. The molecule has 0 fully saturated rings. The standard InChI is InChI=1S/C16H27N5/c1-5-14(3)21-10-7-16(19-21)12-17-8-6-9-20-15(4)11-13(2)18-20/h7,10-11,14,17H,5-6,8-9,12H2,1-4H3. The van der Waals surface area contributed by atoms with E-state index in [-0.39, 0.29) is 0 Å². The molecule has 116 valence electrons. The predicted octanol–water partition coefficient (Wildman–Crippen LogP) is 2.85. The molecule has 5 nitrogen and oxygen atoms in total. The molecule has 21 heavy (non-hydrogen) atoms. The first-order chi connectivity index (χ1) is 10.1. The van der Waals surface area contributed by atoms with Gasteiger partial charge >= 0.3 is 0 Å². The summed E-state index contributed by atoms with van der Waals surface area (Å²) in [5, 5.41) is 12.5. The number of hydrogen-bond donors (Lipinski definition) is 1. The fourth-order valence-electron chi connectivity index (χ4n) is 2.38. The van der Waals surface area contributed by atoms with Crippen molar-refractivity contribution in [2.75, 3.05) is 6.54 Å². The van der Waals surface area contributed by atoms with Gasteiger partial charge in [0.1, 0.15) is 0 Å². The van der Waals surface area contributed by atoms with Crippen molar-refractivity contribution in [1.82, 2.24) is 24.9 Å². The normalized spacial score (nSPS) is 12.8. The van der Waals surface area contributed by atoms with Gasteiger partial charge < -0.3 is 5.32 Å². The summed E-state index contributed by atoms with van der Waals surface area (Å²) >= 11 is 0. The van der Waals surface area contributed by atoms with Crippen molar-refractivity contribution in [3.05, 3.63) is 35.4 Å². The number of hydrogen-bond acceptors (Lipinski definition) is 3. The smallest absolute Gasteiger partial charge is 0.0762 e. The van der Waals surface area contributed by atoms with Crippen molar-refractivity contribution in [1.29, 1.82) is 0 Å². The molecule has 1 atom stereocenters. The predicted molar refractivity (Wildman–Crippen MR) is 85.3 cm³/mol. The Bertz CT molecular complexity index is 555. The molecule has 0 aromatic carbocycles. The average molecular weight is 289 g/mol. The first-order valence-corrected chi connectivity index (χ1v) is 7.86. The molecule has 0 amide bonds. The molecule has 2 aromatic rings. The topological polar surface area (TPSA) is 47.7 Å². The SMILES string of the molecule is CCC(C)n1ccc(CNCCCn2nc(C)cc2C)n1. The van der Waals surface area contributed by atoms with E-state index in [4.69, 9.17) is 0 Å². The Morgan fingerprint density at radius 3 is 2.76 bits per heavy atom. The van der Waals surface area contributed by atoms with Crippen molar-refractivity contribution in [2.45, 2.75) is 59.7 Å². The van der Waals surface area contributed by atoms with Gasteiger partial charge in [-0.2, -0.15) is 10.2 Å². The molecule has 0 saturated carbocycles. The van der Waals surface area contributed by atoms with E-state index in [0.29, 0.717) is 6.04 Å². The Kier molecular flexibility index (Phi) is 5.56. The van der Waals surface area contributed by atoms with Gasteiger partial charge in [-0.1, -0.05) is 6.92 Å². The molecule has 0 saturated heterocycles. The molecule has 0 aliphatic carbocycles. The summed E-state index contributed by atoms with van der Waals surface area (Å²) in [6.45, 7) is 11.3. The van der Waals surface area contributed by atoms with Crippen LogP contribution in [0.25, 0.3) is 0 Å². The van der Waals surface area contributed by atoms with Crippen LogP contribution in [0.4, 0.5) is 0 Å². The van der Waals surface area contributed by atoms with Crippen LogP contribution in [0.1, 0.15) is 49.8 Å². The highest BCUT2D eigenvalue weighted by atomic mass is 15.3. The third-order valence-corrected chi connectivity index (χ3v) is 3.84. The number of aromatic nitrogens is 4. The lowest BCUT2D eigenvalue weighted by Crippen LogP contribution is -2.18. The summed E-state index contributed by atoms with van der Waals surface area (Å²) in [5.74, 6) is 0. The highest BCUT2D eigenvalue weighted by Crippen LogP contribution is 2.09. The molecule has 0 spiro atoms. The molecule has 5 heteroatoms. The lowest BCUT2D eigenvalue weighted by molar-refractivity contribution is 0.469. The number of rotatable bonds is 8. The molecule has 0 bridgehead atoms. The monoisotopic (exact) mass is 289 g/mol. The van der Waals surface area contributed by atoms with Gasteiger partial charge in [0.25, 0.3) is 0 Å². The van der Waals surface area contributed by atoms with Gasteiger partial charge in [0, 0.05) is 31.0 Å². The molecule has 0 aliphatic rings. The first-order valence-electron chi connectivity index (χ1n) is 7.86. The van der Waals surface area contributed by atoms with Gasteiger partial charge in [0.15, 0.2) is 0 Å². The quantitative estimate of drug-likeness (QED) is 0.760. The van der Waals surface area contributed by atoms with Crippen LogP contribution in [0.5, 0.6) is 0 Å². The van der Waals surface area contributed by atoms with Gasteiger partial charge in [-0.25, -0.2) is 0 Å². The van der Waals surface area contributed by atoms with E-state index in [9.17, 15) is 0 Å². The van der Waals surface area contributed by atoms with Crippen LogP contribution in [0.2, 0.25) is 0 Å². The van der Waals surface area contributed by atoms with Crippen molar-refractivity contribution in [2.24, 2.45) is 0 Å². The minimum Gasteiger partial charge on any atom is -0.311 e. The lowest BCUT2D eigenvalue weighted by Gasteiger charge is -2.08. The summed E-state index contributed by atoms with van der Waals surface area (Å²) in [6, 6.07) is 4.69. The van der Waals surface area contributed by atoms with Crippen molar-refractivity contribution in [3.8, 4) is 0 Å². The lowest BCUT2D eigenvalue weighted by atomic mass is 10.3. The summed E-state index contributed by atoms with van der Waals surface area (Å²) in [5.41, 5.74) is 3.44. The minimum atomic E-state index is 0.477. The Balaban J connectivity index is 1.68. The minimum absolute atomic E-state index is 0.477. The summed E-state index contributed by atoms with van der Waals surface area (Å²) in [7, 11) is 0. The van der Waals surface area contributed by atoms with E-state index >= 15 is 0 Å². The van der Waals surface area contributed by atoms with Gasteiger partial charge in [0.05, 0.1) is 11.4 Å². The number of aryl methyl sites for hydroxylation is 3. The van der Waals surface area contributed by atoms with Crippen molar-refractivity contribution in [3.63, 3.8) is 0 Å². The van der Waals surface area contributed by atoms with E-state index in [1.807, 2.05) is 11.6 Å². The van der Waals surface area contributed by atoms with Gasteiger partial charge in [0.2, 0.25) is 0 Å². The molecule has 0 radical (unpaired) electrons. The molecular formula is C16H27N5. The Morgan fingerprint density at radius 2 is 2.10 bits per heavy atom. The zero-order valence-electron chi connectivity index (χ0n) is 13.6. The fourth-order valence-corrected chi connectivity index (χ4v) is 2.38. The Hall–Kier alpha value is -1.62. The Labute approximate surface area is 127 Å². The third-order valence-electron chi connectivity index (χ3n) is 3.84. The van der Waals surface area contributed by atoms with Gasteiger partial charge in [-0.15, -0.1) is 0 Å². The van der Waals surface area contributed by atoms with Crippen molar-refractivity contribution < 1.29 is 0 Å². The van der Waals surface area contributed by atoms with Crippen LogP contribution in [0.15, 0.2) is 18.3 Å². The van der Waals surface area contributed by atoms with Crippen LogP contribution in [-0.4, -0.2) is 26.1 Å². The zero-order chi connectivity index (χ0) is 15.2. The van der Waals surface area contributed by atoms with Crippen LogP contribution in [0, 0.1) is 13.8 Å². The summed E-state index contributed by atoms with van der Waals surface area (Å²) < 4.78 is 4.13. The maximum Gasteiger partial charge on any atom is 0.0762 e. The third kappa shape index (κ3) is 4.43. The van der Waals surface area contributed by atoms with Crippen LogP contribution in [0.3, 0.4) is 0 Å². The largest absolute Gasteiger partial charge is 0.311 e. The fraction of sp³-hybridized carbons (Fsp3) is 0.625. The van der Waals surface area contributed by atoms with Crippen LogP contribution < -0.4 is 5.32 Å². The van der Waals surface area contributed by atoms with E-state index < -0.39 is 0 Å². The van der Waals surface area contributed by atoms with E-state index in [1.165, 1.54) is 5.69 Å². The molecule has 2 aromatic heterocycles. The summed E-state index contributed by atoms with van der Waals surface area (Å²) in [4.78, 5) is 0. The summed E-state index contributed by atoms with van der Waals surface area (Å²) in [6.07, 6.45) is 4.26. The van der Waals surface area contributed by atoms with E-state index in [0.717, 1.165) is 43.9 Å². The molecule has 1 N–H and O–H groups in total. The maximum absolute atomic E-state index is 4.59. The average Bonchev–Trinajstić information content (AvgIpc) is 3.05. The highest BCUT2D eigenvalue weighted by Gasteiger charge is 2.04. The zero-order valence-corrected chi connectivity index (χ0v) is 13.6.